The second-order valence-corrected chi connectivity index (χ2v) is 3.79. The Morgan fingerprint density at radius 1 is 1.44 bits per heavy atom. The van der Waals surface area contributed by atoms with Crippen LogP contribution in [0.25, 0.3) is 0 Å². The number of nitrogens with one attached hydrogen (secondary N) is 1. The zero-order valence-corrected chi connectivity index (χ0v) is 9.63. The first-order valence-electron chi connectivity index (χ1n) is 5.11. The lowest BCUT2D eigenvalue weighted by atomic mass is 10.2. The van der Waals surface area contributed by atoms with E-state index in [-0.39, 0.29) is 22.8 Å². The Hall–Kier alpha value is -1.27. The molecule has 0 aromatic carbocycles. The summed E-state index contributed by atoms with van der Waals surface area (Å²) in [7, 11) is 0. The van der Waals surface area contributed by atoms with Gasteiger partial charge >= 0.3 is 0 Å². The number of nitrogens with zero attached hydrogens (tertiary/aromatic N) is 1. The Labute approximate surface area is 97.7 Å². The molecule has 1 aromatic heterocycles. The molecular weight excluding hydrogens is 228 g/mol. The van der Waals surface area contributed by atoms with Crippen LogP contribution >= 0.6 is 12.2 Å². The van der Waals surface area contributed by atoms with Gasteiger partial charge in [-0.1, -0.05) is 6.42 Å². The van der Waals surface area contributed by atoms with Crippen molar-refractivity contribution in [3.05, 3.63) is 27.4 Å². The first kappa shape index (κ1) is 12.8. The second kappa shape index (κ2) is 6.34. The number of hydrogen-bond donors (Lipinski definition) is 2. The highest BCUT2D eigenvalue weighted by molar-refractivity contribution is 7.71. The molecule has 2 N–H and O–H groups in total. The van der Waals surface area contributed by atoms with Crippen molar-refractivity contribution in [3.63, 3.8) is 0 Å². The maximum atomic E-state index is 11.7. The van der Waals surface area contributed by atoms with Crippen LogP contribution in [0.3, 0.4) is 0 Å². The molecule has 0 spiro atoms. The largest absolute Gasteiger partial charge is 0.396 e. The smallest absolute Gasteiger partial charge is 0.251 e. The Morgan fingerprint density at radius 3 is 2.81 bits per heavy atom. The molecule has 0 bridgehead atoms. The normalized spacial score (nSPS) is 10.3. The number of carbonyl (C=O) groups is 1. The number of aromatic nitrogens is 2. The van der Waals surface area contributed by atoms with Gasteiger partial charge in [0.2, 0.25) is 5.91 Å². The van der Waals surface area contributed by atoms with E-state index >= 15 is 0 Å². The average molecular weight is 242 g/mol. The van der Waals surface area contributed by atoms with E-state index in [0.717, 1.165) is 6.42 Å². The summed E-state index contributed by atoms with van der Waals surface area (Å²) in [5.41, 5.74) is -0.311. The molecule has 1 heterocycles. The van der Waals surface area contributed by atoms with Gasteiger partial charge in [0.1, 0.15) is 0 Å². The molecule has 16 heavy (non-hydrogen) atoms. The molecular formula is C10H14N2O3S. The number of unbranched alkanes of at least 4 members (excludes halogenated alkanes) is 2. The highest BCUT2D eigenvalue weighted by atomic mass is 32.1. The van der Waals surface area contributed by atoms with Crippen LogP contribution in [0.1, 0.15) is 30.5 Å². The van der Waals surface area contributed by atoms with Crippen LogP contribution in [0, 0.1) is 4.77 Å². The summed E-state index contributed by atoms with van der Waals surface area (Å²) in [6.07, 6.45) is 3.96. The van der Waals surface area contributed by atoms with Gasteiger partial charge in [0.25, 0.3) is 5.56 Å². The van der Waals surface area contributed by atoms with Gasteiger partial charge in [0, 0.05) is 25.3 Å². The van der Waals surface area contributed by atoms with Gasteiger partial charge in [-0.2, -0.15) is 0 Å². The zero-order chi connectivity index (χ0) is 12.0. The molecule has 0 saturated carbocycles. The molecule has 0 atom stereocenters. The van der Waals surface area contributed by atoms with Crippen LogP contribution in [-0.2, 0) is 0 Å². The lowest BCUT2D eigenvalue weighted by molar-refractivity contribution is 0.0894. The molecule has 88 valence electrons. The highest BCUT2D eigenvalue weighted by Gasteiger charge is 2.04. The van der Waals surface area contributed by atoms with E-state index in [1.165, 1.54) is 16.8 Å². The van der Waals surface area contributed by atoms with E-state index in [2.05, 4.69) is 4.98 Å². The van der Waals surface area contributed by atoms with Crippen molar-refractivity contribution in [1.29, 1.82) is 0 Å². The van der Waals surface area contributed by atoms with E-state index in [0.29, 0.717) is 19.3 Å². The van der Waals surface area contributed by atoms with Crippen molar-refractivity contribution in [2.45, 2.75) is 25.7 Å². The van der Waals surface area contributed by atoms with Crippen LogP contribution in [0.5, 0.6) is 0 Å². The number of aromatic amines is 1. The number of H-pyrrole nitrogens is 1. The van der Waals surface area contributed by atoms with Gasteiger partial charge in [-0.05, 0) is 25.1 Å². The lowest BCUT2D eigenvalue weighted by Crippen LogP contribution is -2.17. The van der Waals surface area contributed by atoms with Crippen molar-refractivity contribution in [3.8, 4) is 0 Å². The van der Waals surface area contributed by atoms with Crippen LogP contribution in [-0.4, -0.2) is 27.2 Å². The van der Waals surface area contributed by atoms with Crippen molar-refractivity contribution in [2.75, 3.05) is 6.61 Å². The third-order valence-corrected chi connectivity index (χ3v) is 2.44. The van der Waals surface area contributed by atoms with E-state index < -0.39 is 0 Å². The van der Waals surface area contributed by atoms with Crippen molar-refractivity contribution in [2.24, 2.45) is 0 Å². The van der Waals surface area contributed by atoms with E-state index in [9.17, 15) is 9.59 Å². The number of aliphatic hydroxyl groups is 1. The fraction of sp³-hybridized carbons (Fsp3) is 0.500. The van der Waals surface area contributed by atoms with E-state index in [1.807, 2.05) is 0 Å². The van der Waals surface area contributed by atoms with Gasteiger partial charge in [-0.15, -0.1) is 0 Å². The summed E-state index contributed by atoms with van der Waals surface area (Å²) in [5, 5.41) is 8.58. The molecule has 0 saturated heterocycles. The van der Waals surface area contributed by atoms with Crippen LogP contribution in [0.2, 0.25) is 0 Å². The molecule has 0 aliphatic heterocycles. The fourth-order valence-corrected chi connectivity index (χ4v) is 1.56. The average Bonchev–Trinajstić information content (AvgIpc) is 2.24. The molecule has 6 heteroatoms. The molecule has 0 radical (unpaired) electrons. The predicted molar refractivity (Wildman–Crippen MR) is 62.1 cm³/mol. The Morgan fingerprint density at radius 2 is 2.19 bits per heavy atom. The van der Waals surface area contributed by atoms with Crippen molar-refractivity contribution < 1.29 is 9.90 Å². The molecule has 0 fully saturated rings. The quantitative estimate of drug-likeness (QED) is 0.599. The van der Waals surface area contributed by atoms with E-state index in [4.69, 9.17) is 17.3 Å². The van der Waals surface area contributed by atoms with Gasteiger partial charge in [-0.25, -0.2) is 0 Å². The van der Waals surface area contributed by atoms with E-state index in [1.54, 1.807) is 0 Å². The summed E-state index contributed by atoms with van der Waals surface area (Å²) < 4.78 is 1.38. The third-order valence-electron chi connectivity index (χ3n) is 2.14. The number of hydrogen-bond acceptors (Lipinski definition) is 4. The minimum absolute atomic E-state index is 0.125. The second-order valence-electron chi connectivity index (χ2n) is 3.41. The lowest BCUT2D eigenvalue weighted by Gasteiger charge is -2.03. The van der Waals surface area contributed by atoms with Gasteiger partial charge in [0.15, 0.2) is 4.77 Å². The standard InChI is InChI=1S/C10H14N2O3S/c13-7-3-1-2-4-9(15)12-6-5-8(14)11-10(12)16/h5-6,13H,1-4,7H2,(H,11,14,16). The van der Waals surface area contributed by atoms with Crippen molar-refractivity contribution >= 4 is 18.1 Å². The zero-order valence-electron chi connectivity index (χ0n) is 8.81. The SMILES string of the molecule is O=C(CCCCCO)n1ccc(=O)[nH]c1=S. The summed E-state index contributed by atoms with van der Waals surface area (Å²) in [5.74, 6) is -0.140. The van der Waals surface area contributed by atoms with Gasteiger partial charge in [0.05, 0.1) is 0 Å². The summed E-state index contributed by atoms with van der Waals surface area (Å²) >= 11 is 4.86. The van der Waals surface area contributed by atoms with Crippen molar-refractivity contribution in [1.82, 2.24) is 9.55 Å². The molecule has 1 rings (SSSR count). The number of carbonyl (C=O) groups excluding carboxylic acids is 1. The molecule has 0 amide bonds. The topological polar surface area (TPSA) is 75.1 Å². The van der Waals surface area contributed by atoms with Crippen LogP contribution in [0.15, 0.2) is 17.1 Å². The first-order valence-corrected chi connectivity index (χ1v) is 5.52. The van der Waals surface area contributed by atoms with Gasteiger partial charge in [-0.3, -0.25) is 19.1 Å². The minimum atomic E-state index is -0.311. The Balaban J connectivity index is 2.60. The number of rotatable bonds is 5. The Bertz CT molecular complexity index is 464. The molecule has 5 nitrogen and oxygen atoms in total. The minimum Gasteiger partial charge on any atom is -0.396 e. The fourth-order valence-electron chi connectivity index (χ4n) is 1.30. The van der Waals surface area contributed by atoms with Gasteiger partial charge < -0.3 is 5.11 Å². The molecule has 0 unspecified atom stereocenters. The molecule has 1 aromatic rings. The highest BCUT2D eigenvalue weighted by Crippen LogP contribution is 2.02. The van der Waals surface area contributed by atoms with Crippen LogP contribution < -0.4 is 5.56 Å². The number of aliphatic hydroxyl groups excluding tert-OH is 1. The first-order chi connectivity index (χ1) is 7.65. The monoisotopic (exact) mass is 242 g/mol. The third kappa shape index (κ3) is 3.71. The van der Waals surface area contributed by atoms with Crippen LogP contribution in [0.4, 0.5) is 0 Å². The molecule has 0 aliphatic rings. The predicted octanol–water partition coefficient (Wildman–Crippen LogP) is 1.10. The summed E-state index contributed by atoms with van der Waals surface area (Å²) in [4.78, 5) is 24.9. The maximum Gasteiger partial charge on any atom is 0.251 e. The summed E-state index contributed by atoms with van der Waals surface area (Å²) in [6, 6.07) is 1.27. The maximum absolute atomic E-state index is 11.7. The Kier molecular flexibility index (Phi) is 5.07. The molecule has 0 aliphatic carbocycles. The summed E-state index contributed by atoms with van der Waals surface area (Å²) in [6.45, 7) is 0.145.